The van der Waals surface area contributed by atoms with Crippen LogP contribution in [-0.4, -0.2) is 35.5 Å². The quantitative estimate of drug-likeness (QED) is 0.912. The van der Waals surface area contributed by atoms with Crippen molar-refractivity contribution in [2.75, 3.05) is 6.26 Å². The number of sulfone groups is 1. The van der Waals surface area contributed by atoms with Crippen molar-refractivity contribution in [3.8, 4) is 11.3 Å². The number of aromatic nitrogens is 2. The zero-order valence-electron chi connectivity index (χ0n) is 10.4. The molecule has 0 amide bonds. The highest BCUT2D eigenvalue weighted by Gasteiger charge is 2.14. The minimum Gasteiger partial charge on any atom is -0.476 e. The number of aryl methyl sites for hydroxylation is 1. The number of hydrogen-bond donors (Lipinski definition) is 1. The fourth-order valence-corrected chi connectivity index (χ4v) is 2.39. The number of carbonyl (C=O) groups is 1. The Morgan fingerprint density at radius 3 is 2.53 bits per heavy atom. The maximum atomic E-state index is 11.5. The van der Waals surface area contributed by atoms with Gasteiger partial charge in [-0.1, -0.05) is 12.1 Å². The van der Waals surface area contributed by atoms with E-state index in [2.05, 4.69) is 5.10 Å². The first-order valence-corrected chi connectivity index (χ1v) is 7.26. The summed E-state index contributed by atoms with van der Waals surface area (Å²) < 4.78 is 24.4. The van der Waals surface area contributed by atoms with Gasteiger partial charge in [-0.05, 0) is 18.2 Å². The molecule has 0 radical (unpaired) electrons. The maximum absolute atomic E-state index is 11.5. The fraction of sp³-hybridized carbons (Fsp3) is 0.167. The molecule has 2 aromatic rings. The molecular formula is C12H12N2O4S. The third-order valence-electron chi connectivity index (χ3n) is 2.66. The molecule has 7 heteroatoms. The molecule has 0 fully saturated rings. The number of hydrogen-bond acceptors (Lipinski definition) is 4. The zero-order chi connectivity index (χ0) is 14.2. The van der Waals surface area contributed by atoms with Gasteiger partial charge in [-0.2, -0.15) is 5.10 Å². The molecule has 0 saturated heterocycles. The van der Waals surface area contributed by atoms with E-state index in [1.807, 2.05) is 0 Å². The average molecular weight is 280 g/mol. The van der Waals surface area contributed by atoms with Crippen LogP contribution >= 0.6 is 0 Å². The molecule has 0 spiro atoms. The Kier molecular flexibility index (Phi) is 3.15. The van der Waals surface area contributed by atoms with Crippen LogP contribution in [0.3, 0.4) is 0 Å². The van der Waals surface area contributed by atoms with Crippen LogP contribution in [0.25, 0.3) is 11.3 Å². The summed E-state index contributed by atoms with van der Waals surface area (Å²) in [4.78, 5) is 11.0. The summed E-state index contributed by atoms with van der Waals surface area (Å²) >= 11 is 0. The minimum atomic E-state index is -3.30. The predicted molar refractivity (Wildman–Crippen MR) is 68.7 cm³/mol. The van der Waals surface area contributed by atoms with Crippen LogP contribution in [-0.2, 0) is 16.9 Å². The Bertz CT molecular complexity index is 747. The smallest absolute Gasteiger partial charge is 0.356 e. The zero-order valence-corrected chi connectivity index (χ0v) is 11.2. The molecule has 19 heavy (non-hydrogen) atoms. The first-order chi connectivity index (χ1) is 8.79. The average Bonchev–Trinajstić information content (AvgIpc) is 2.71. The lowest BCUT2D eigenvalue weighted by atomic mass is 10.1. The monoisotopic (exact) mass is 280 g/mol. The molecule has 1 N–H and O–H groups in total. The first kappa shape index (κ1) is 13.3. The van der Waals surface area contributed by atoms with Gasteiger partial charge in [0, 0.05) is 18.9 Å². The van der Waals surface area contributed by atoms with Crippen LogP contribution in [0, 0.1) is 0 Å². The summed E-state index contributed by atoms with van der Waals surface area (Å²) in [6, 6.07) is 7.71. The van der Waals surface area contributed by atoms with E-state index >= 15 is 0 Å². The van der Waals surface area contributed by atoms with Gasteiger partial charge in [0.25, 0.3) is 0 Å². The van der Waals surface area contributed by atoms with Crippen molar-refractivity contribution in [1.29, 1.82) is 0 Å². The number of carboxylic acid groups (broad SMARTS) is 1. The van der Waals surface area contributed by atoms with Gasteiger partial charge in [0.1, 0.15) is 0 Å². The standard InChI is InChI=1S/C12H12N2O4S/c1-14-11(7-10(13-14)12(15)16)8-4-3-5-9(6-8)19(2,17)18/h3-7H,1-2H3,(H,15,16). The summed E-state index contributed by atoms with van der Waals surface area (Å²) in [6.07, 6.45) is 1.12. The maximum Gasteiger partial charge on any atom is 0.356 e. The molecule has 6 nitrogen and oxygen atoms in total. The van der Waals surface area contributed by atoms with Crippen molar-refractivity contribution in [1.82, 2.24) is 9.78 Å². The van der Waals surface area contributed by atoms with Crippen LogP contribution in [0.4, 0.5) is 0 Å². The van der Waals surface area contributed by atoms with E-state index in [4.69, 9.17) is 5.11 Å². The molecule has 1 aromatic heterocycles. The van der Waals surface area contributed by atoms with E-state index in [-0.39, 0.29) is 10.6 Å². The summed E-state index contributed by atoms with van der Waals surface area (Å²) in [5, 5.41) is 12.7. The third-order valence-corrected chi connectivity index (χ3v) is 3.77. The Labute approximate surface area is 110 Å². The van der Waals surface area contributed by atoms with Crippen molar-refractivity contribution >= 4 is 15.8 Å². The number of aromatic carboxylic acids is 1. The molecule has 0 aliphatic carbocycles. The largest absolute Gasteiger partial charge is 0.476 e. The van der Waals surface area contributed by atoms with Crippen LogP contribution in [0.15, 0.2) is 35.2 Å². The van der Waals surface area contributed by atoms with E-state index in [0.29, 0.717) is 11.3 Å². The summed E-state index contributed by atoms with van der Waals surface area (Å²) in [6.45, 7) is 0. The Morgan fingerprint density at radius 1 is 1.32 bits per heavy atom. The number of nitrogens with zero attached hydrogens (tertiary/aromatic N) is 2. The van der Waals surface area contributed by atoms with Crippen LogP contribution in [0.1, 0.15) is 10.5 Å². The summed E-state index contributed by atoms with van der Waals surface area (Å²) in [7, 11) is -1.70. The Morgan fingerprint density at radius 2 is 2.00 bits per heavy atom. The van der Waals surface area contributed by atoms with Gasteiger partial charge in [0.2, 0.25) is 0 Å². The van der Waals surface area contributed by atoms with E-state index in [0.717, 1.165) is 6.26 Å². The highest BCUT2D eigenvalue weighted by Crippen LogP contribution is 2.23. The molecule has 100 valence electrons. The van der Waals surface area contributed by atoms with Crippen molar-refractivity contribution < 1.29 is 18.3 Å². The SMILES string of the molecule is Cn1nc(C(=O)O)cc1-c1cccc(S(C)(=O)=O)c1. The van der Waals surface area contributed by atoms with Gasteiger partial charge in [-0.15, -0.1) is 0 Å². The fourth-order valence-electron chi connectivity index (χ4n) is 1.73. The van der Waals surface area contributed by atoms with Gasteiger partial charge in [-0.25, -0.2) is 13.2 Å². The van der Waals surface area contributed by atoms with Gasteiger partial charge in [-0.3, -0.25) is 4.68 Å². The van der Waals surface area contributed by atoms with Gasteiger partial charge in [0.05, 0.1) is 10.6 Å². The molecule has 0 aliphatic rings. The van der Waals surface area contributed by atoms with Crippen molar-refractivity contribution in [2.45, 2.75) is 4.90 Å². The summed E-state index contributed by atoms with van der Waals surface area (Å²) in [5.41, 5.74) is 1.07. The first-order valence-electron chi connectivity index (χ1n) is 5.37. The molecule has 0 atom stereocenters. The highest BCUT2D eigenvalue weighted by atomic mass is 32.2. The highest BCUT2D eigenvalue weighted by molar-refractivity contribution is 7.90. The van der Waals surface area contributed by atoms with Gasteiger partial charge in [0.15, 0.2) is 15.5 Å². The Hall–Kier alpha value is -2.15. The second-order valence-electron chi connectivity index (χ2n) is 4.14. The molecule has 1 aromatic carbocycles. The second-order valence-corrected chi connectivity index (χ2v) is 6.16. The van der Waals surface area contributed by atoms with E-state index in [1.54, 1.807) is 19.2 Å². The van der Waals surface area contributed by atoms with E-state index < -0.39 is 15.8 Å². The topological polar surface area (TPSA) is 89.3 Å². The predicted octanol–water partition coefficient (Wildman–Crippen LogP) is 1.19. The molecule has 0 unspecified atom stereocenters. The lowest BCUT2D eigenvalue weighted by molar-refractivity contribution is 0.0689. The lowest BCUT2D eigenvalue weighted by Gasteiger charge is -2.04. The van der Waals surface area contributed by atoms with E-state index in [9.17, 15) is 13.2 Å². The number of benzene rings is 1. The minimum absolute atomic E-state index is 0.0812. The van der Waals surface area contributed by atoms with Crippen molar-refractivity contribution in [2.24, 2.45) is 7.05 Å². The molecule has 1 heterocycles. The van der Waals surface area contributed by atoms with Crippen molar-refractivity contribution in [3.63, 3.8) is 0 Å². The molecular weight excluding hydrogens is 268 g/mol. The lowest BCUT2D eigenvalue weighted by Crippen LogP contribution is -2.00. The molecule has 0 bridgehead atoms. The van der Waals surface area contributed by atoms with Crippen LogP contribution in [0.2, 0.25) is 0 Å². The normalized spacial score (nSPS) is 11.5. The number of carboxylic acids is 1. The van der Waals surface area contributed by atoms with Crippen LogP contribution < -0.4 is 0 Å². The van der Waals surface area contributed by atoms with Crippen molar-refractivity contribution in [3.05, 3.63) is 36.0 Å². The second kappa shape index (κ2) is 4.51. The molecule has 0 aliphatic heterocycles. The molecule has 2 rings (SSSR count). The van der Waals surface area contributed by atoms with Gasteiger partial charge < -0.3 is 5.11 Å². The van der Waals surface area contributed by atoms with E-state index in [1.165, 1.54) is 22.9 Å². The number of rotatable bonds is 3. The van der Waals surface area contributed by atoms with Gasteiger partial charge >= 0.3 is 5.97 Å². The summed E-state index contributed by atoms with van der Waals surface area (Å²) in [5.74, 6) is -1.12. The third kappa shape index (κ3) is 2.65. The van der Waals surface area contributed by atoms with Crippen LogP contribution in [0.5, 0.6) is 0 Å². The molecule has 0 saturated carbocycles. The Balaban J connectivity index is 2.57.